The van der Waals surface area contributed by atoms with Crippen molar-refractivity contribution in [1.82, 2.24) is 4.98 Å². The number of para-hydroxylation sites is 1. The Morgan fingerprint density at radius 2 is 1.74 bits per heavy atom. The van der Waals surface area contributed by atoms with Crippen molar-refractivity contribution in [3.63, 3.8) is 0 Å². The molecule has 0 aliphatic carbocycles. The van der Waals surface area contributed by atoms with E-state index < -0.39 is 11.9 Å². The monoisotopic (exact) mass is 432 g/mol. The minimum Gasteiger partial charge on any atom is -0.487 e. The molecule has 1 amide bonds. The third-order valence-electron chi connectivity index (χ3n) is 4.62. The lowest BCUT2D eigenvalue weighted by molar-refractivity contribution is 0.0698. The number of ether oxygens (including phenoxy) is 1. The van der Waals surface area contributed by atoms with Crippen LogP contribution in [0.5, 0.6) is 5.75 Å². The van der Waals surface area contributed by atoms with Gasteiger partial charge in [-0.1, -0.05) is 35.9 Å². The molecular weight excluding hydrogens is 416 g/mol. The first-order valence-electron chi connectivity index (χ1n) is 9.41. The van der Waals surface area contributed by atoms with Crippen molar-refractivity contribution in [2.45, 2.75) is 6.61 Å². The van der Waals surface area contributed by atoms with Gasteiger partial charge in [0.1, 0.15) is 12.4 Å². The quantitative estimate of drug-likeness (QED) is 0.425. The summed E-state index contributed by atoms with van der Waals surface area (Å²) < 4.78 is 5.77. The molecule has 2 N–H and O–H groups in total. The maximum Gasteiger partial charge on any atom is 0.337 e. The number of aromatic nitrogens is 1. The molecule has 0 atom stereocenters. The van der Waals surface area contributed by atoms with E-state index >= 15 is 0 Å². The van der Waals surface area contributed by atoms with Crippen LogP contribution in [0.2, 0.25) is 5.02 Å². The molecule has 0 fully saturated rings. The molecule has 0 spiro atoms. The SMILES string of the molecule is O=C(Nc1ccc(Cl)cc1C(=O)O)c1ccc(OCc2ccc3ccccc3n2)cc1. The number of halogens is 1. The van der Waals surface area contributed by atoms with Crippen LogP contribution in [-0.4, -0.2) is 22.0 Å². The highest BCUT2D eigenvalue weighted by atomic mass is 35.5. The van der Waals surface area contributed by atoms with E-state index in [9.17, 15) is 14.7 Å². The summed E-state index contributed by atoms with van der Waals surface area (Å²) in [5.41, 5.74) is 2.15. The van der Waals surface area contributed by atoms with E-state index in [-0.39, 0.29) is 16.3 Å². The van der Waals surface area contributed by atoms with Gasteiger partial charge < -0.3 is 15.2 Å². The predicted octanol–water partition coefficient (Wildman–Crippen LogP) is 5.42. The topological polar surface area (TPSA) is 88.5 Å². The highest BCUT2D eigenvalue weighted by Gasteiger charge is 2.14. The van der Waals surface area contributed by atoms with Gasteiger partial charge in [0.2, 0.25) is 0 Å². The summed E-state index contributed by atoms with van der Waals surface area (Å²) in [6.45, 7) is 0.295. The number of hydrogen-bond acceptors (Lipinski definition) is 4. The lowest BCUT2D eigenvalue weighted by atomic mass is 10.1. The van der Waals surface area contributed by atoms with Crippen molar-refractivity contribution in [2.75, 3.05) is 5.32 Å². The second-order valence-electron chi connectivity index (χ2n) is 6.76. The van der Waals surface area contributed by atoms with Gasteiger partial charge in [-0.2, -0.15) is 0 Å². The zero-order chi connectivity index (χ0) is 21.8. The van der Waals surface area contributed by atoms with Crippen LogP contribution in [0.1, 0.15) is 26.4 Å². The predicted molar refractivity (Wildman–Crippen MR) is 119 cm³/mol. The largest absolute Gasteiger partial charge is 0.487 e. The van der Waals surface area contributed by atoms with Crippen molar-refractivity contribution in [3.05, 3.63) is 101 Å². The number of nitrogens with zero attached hydrogens (tertiary/aromatic N) is 1. The number of aromatic carboxylic acids is 1. The number of anilines is 1. The molecule has 0 radical (unpaired) electrons. The molecule has 0 unspecified atom stereocenters. The summed E-state index contributed by atoms with van der Waals surface area (Å²) in [6, 6.07) is 22.6. The van der Waals surface area contributed by atoms with Crippen LogP contribution in [0.15, 0.2) is 78.9 Å². The number of fused-ring (bicyclic) bond motifs is 1. The number of nitrogens with one attached hydrogen (secondary N) is 1. The van der Waals surface area contributed by atoms with Crippen molar-refractivity contribution < 1.29 is 19.4 Å². The lowest BCUT2D eigenvalue weighted by Crippen LogP contribution is -2.14. The van der Waals surface area contributed by atoms with Gasteiger partial charge in [0.15, 0.2) is 0 Å². The number of benzene rings is 3. The van der Waals surface area contributed by atoms with E-state index in [0.717, 1.165) is 16.6 Å². The number of carboxylic acids is 1. The molecule has 1 aromatic heterocycles. The molecule has 0 saturated heterocycles. The first-order valence-corrected chi connectivity index (χ1v) is 9.79. The highest BCUT2D eigenvalue weighted by molar-refractivity contribution is 6.31. The van der Waals surface area contributed by atoms with Crippen LogP contribution < -0.4 is 10.1 Å². The lowest BCUT2D eigenvalue weighted by Gasteiger charge is -2.10. The van der Waals surface area contributed by atoms with Crippen molar-refractivity contribution in [1.29, 1.82) is 0 Å². The number of carboxylic acid groups (broad SMARTS) is 1. The van der Waals surface area contributed by atoms with Gasteiger partial charge in [-0.15, -0.1) is 0 Å². The Morgan fingerprint density at radius 3 is 2.52 bits per heavy atom. The minimum absolute atomic E-state index is 0.0799. The second-order valence-corrected chi connectivity index (χ2v) is 7.19. The van der Waals surface area contributed by atoms with Crippen molar-refractivity contribution in [2.24, 2.45) is 0 Å². The Kier molecular flexibility index (Phi) is 5.82. The van der Waals surface area contributed by atoms with E-state index in [1.807, 2.05) is 36.4 Å². The number of pyridine rings is 1. The van der Waals surface area contributed by atoms with Gasteiger partial charge >= 0.3 is 5.97 Å². The number of carbonyl (C=O) groups is 2. The average molecular weight is 433 g/mol. The molecule has 4 aromatic rings. The molecule has 7 heteroatoms. The standard InChI is InChI=1S/C24H17ClN2O4/c25-17-8-12-22(20(13-17)24(29)30)27-23(28)16-6-10-19(11-7-16)31-14-18-9-5-15-3-1-2-4-21(15)26-18/h1-13H,14H2,(H,27,28)(H,29,30). The van der Waals surface area contributed by atoms with Gasteiger partial charge in [0, 0.05) is 16.0 Å². The van der Waals surface area contributed by atoms with Crippen LogP contribution in [-0.2, 0) is 6.61 Å². The summed E-state index contributed by atoms with van der Waals surface area (Å²) >= 11 is 5.84. The number of hydrogen-bond donors (Lipinski definition) is 2. The first-order chi connectivity index (χ1) is 15.0. The van der Waals surface area contributed by atoms with E-state index in [0.29, 0.717) is 17.9 Å². The number of amides is 1. The molecule has 31 heavy (non-hydrogen) atoms. The molecular formula is C24H17ClN2O4. The van der Waals surface area contributed by atoms with Gasteiger partial charge in [0.05, 0.1) is 22.5 Å². The van der Waals surface area contributed by atoms with Crippen LogP contribution in [0.3, 0.4) is 0 Å². The fraction of sp³-hybridized carbons (Fsp3) is 0.0417. The molecule has 154 valence electrons. The van der Waals surface area contributed by atoms with Crippen LogP contribution >= 0.6 is 11.6 Å². The minimum atomic E-state index is -1.18. The Labute approximate surface area is 183 Å². The second kappa shape index (κ2) is 8.85. The van der Waals surface area contributed by atoms with Crippen molar-refractivity contribution in [3.8, 4) is 5.75 Å². The summed E-state index contributed by atoms with van der Waals surface area (Å²) in [5, 5.41) is 13.2. The number of carbonyl (C=O) groups excluding carboxylic acids is 1. The van der Waals surface area contributed by atoms with Gasteiger partial charge in [0.25, 0.3) is 5.91 Å². The number of rotatable bonds is 6. The average Bonchev–Trinajstić information content (AvgIpc) is 2.79. The fourth-order valence-electron chi connectivity index (χ4n) is 3.05. The third-order valence-corrected chi connectivity index (χ3v) is 4.85. The Hall–Kier alpha value is -3.90. The molecule has 1 heterocycles. The first kappa shape index (κ1) is 20.4. The van der Waals surface area contributed by atoms with Gasteiger partial charge in [-0.3, -0.25) is 4.79 Å². The van der Waals surface area contributed by atoms with Gasteiger partial charge in [-0.25, -0.2) is 9.78 Å². The molecule has 0 aliphatic heterocycles. The Morgan fingerprint density at radius 1 is 0.968 bits per heavy atom. The van der Waals surface area contributed by atoms with Crippen LogP contribution in [0.4, 0.5) is 5.69 Å². The third kappa shape index (κ3) is 4.82. The van der Waals surface area contributed by atoms with Crippen LogP contribution in [0.25, 0.3) is 10.9 Å². The van der Waals surface area contributed by atoms with E-state index in [4.69, 9.17) is 16.3 Å². The van der Waals surface area contributed by atoms with E-state index in [2.05, 4.69) is 10.3 Å². The smallest absolute Gasteiger partial charge is 0.337 e. The summed E-state index contributed by atoms with van der Waals surface area (Å²) in [5.74, 6) is -1.03. The van der Waals surface area contributed by atoms with E-state index in [1.54, 1.807) is 24.3 Å². The molecule has 3 aromatic carbocycles. The molecule has 0 bridgehead atoms. The summed E-state index contributed by atoms with van der Waals surface area (Å²) in [6.07, 6.45) is 0. The van der Waals surface area contributed by atoms with Crippen LogP contribution in [0, 0.1) is 0 Å². The maximum absolute atomic E-state index is 12.5. The maximum atomic E-state index is 12.5. The molecule has 6 nitrogen and oxygen atoms in total. The Balaban J connectivity index is 1.42. The van der Waals surface area contributed by atoms with Crippen molar-refractivity contribution >= 4 is 40.1 Å². The molecule has 4 rings (SSSR count). The van der Waals surface area contributed by atoms with Gasteiger partial charge in [-0.05, 0) is 54.6 Å². The van der Waals surface area contributed by atoms with E-state index in [1.165, 1.54) is 18.2 Å². The zero-order valence-corrected chi connectivity index (χ0v) is 17.0. The summed E-state index contributed by atoms with van der Waals surface area (Å²) in [4.78, 5) is 28.4. The molecule has 0 saturated carbocycles. The summed E-state index contributed by atoms with van der Waals surface area (Å²) in [7, 11) is 0. The molecule has 0 aliphatic rings. The normalized spacial score (nSPS) is 10.6. The fourth-order valence-corrected chi connectivity index (χ4v) is 3.22. The zero-order valence-electron chi connectivity index (χ0n) is 16.2. The Bertz CT molecular complexity index is 1270. The highest BCUT2D eigenvalue weighted by Crippen LogP contribution is 2.22.